The first kappa shape index (κ1) is 29.5. The Morgan fingerprint density at radius 3 is 2.60 bits per heavy atom. The molecule has 0 radical (unpaired) electrons. The number of carbonyl (C=O) groups is 2. The van der Waals surface area contributed by atoms with E-state index in [1.165, 1.54) is 11.3 Å². The fourth-order valence-electron chi connectivity index (χ4n) is 4.90. The molecule has 11 heteroatoms. The number of aryl methyl sites for hydroxylation is 2. The highest BCUT2D eigenvalue weighted by molar-refractivity contribution is 7.15. The second kappa shape index (κ2) is 15.3. The van der Waals surface area contributed by atoms with E-state index < -0.39 is 0 Å². The first-order chi connectivity index (χ1) is 20.6. The van der Waals surface area contributed by atoms with Crippen LogP contribution in [-0.4, -0.2) is 51.4 Å². The molecule has 0 bridgehead atoms. The van der Waals surface area contributed by atoms with Gasteiger partial charge in [-0.1, -0.05) is 41.7 Å². The van der Waals surface area contributed by atoms with Gasteiger partial charge in [0.25, 0.3) is 0 Å². The largest absolute Gasteiger partial charge is 0.490 e. The fourth-order valence-corrected chi connectivity index (χ4v) is 5.70. The second-order valence-corrected chi connectivity index (χ2v) is 11.6. The van der Waals surface area contributed by atoms with Gasteiger partial charge < -0.3 is 20.7 Å². The maximum atomic E-state index is 12.6. The predicted molar refractivity (Wildman–Crippen MR) is 164 cm³/mol. The van der Waals surface area contributed by atoms with Crippen molar-refractivity contribution >= 4 is 34.1 Å². The summed E-state index contributed by atoms with van der Waals surface area (Å²) in [6, 6.07) is 11.4. The number of amides is 2. The van der Waals surface area contributed by atoms with Crippen LogP contribution in [0, 0.1) is 0 Å². The zero-order chi connectivity index (χ0) is 29.0. The van der Waals surface area contributed by atoms with Crippen LogP contribution in [0.15, 0.2) is 60.2 Å². The van der Waals surface area contributed by atoms with E-state index in [9.17, 15) is 9.59 Å². The molecule has 3 heterocycles. The molecule has 3 N–H and O–H groups in total. The van der Waals surface area contributed by atoms with Gasteiger partial charge in [0.05, 0.1) is 18.5 Å². The molecule has 220 valence electrons. The van der Waals surface area contributed by atoms with Crippen LogP contribution >= 0.6 is 11.3 Å². The van der Waals surface area contributed by atoms with E-state index in [1.54, 1.807) is 6.07 Å². The Morgan fingerprint density at radius 1 is 0.929 bits per heavy atom. The molecule has 1 aliphatic carbocycles. The first-order valence-corrected chi connectivity index (χ1v) is 15.5. The highest BCUT2D eigenvalue weighted by Gasteiger charge is 2.15. The van der Waals surface area contributed by atoms with Crippen molar-refractivity contribution in [3.05, 3.63) is 76.5 Å². The van der Waals surface area contributed by atoms with Crippen LogP contribution in [0.4, 0.5) is 10.9 Å². The normalized spacial score (nSPS) is 15.2. The van der Waals surface area contributed by atoms with Crippen LogP contribution in [0.25, 0.3) is 0 Å². The van der Waals surface area contributed by atoms with Crippen molar-refractivity contribution in [2.24, 2.45) is 0 Å². The predicted octanol–water partition coefficient (Wildman–Crippen LogP) is 4.81. The summed E-state index contributed by atoms with van der Waals surface area (Å²) in [4.78, 5) is 24.9. The van der Waals surface area contributed by atoms with Crippen molar-refractivity contribution < 1.29 is 14.3 Å². The molecule has 0 atom stereocenters. The third-order valence-corrected chi connectivity index (χ3v) is 7.96. The number of ether oxygens (including phenoxy) is 1. The van der Waals surface area contributed by atoms with Crippen LogP contribution < -0.4 is 20.7 Å². The second-order valence-electron chi connectivity index (χ2n) is 10.5. The summed E-state index contributed by atoms with van der Waals surface area (Å²) in [5.41, 5.74) is 2.81. The van der Waals surface area contributed by atoms with E-state index in [1.807, 2.05) is 36.4 Å². The van der Waals surface area contributed by atoms with E-state index in [4.69, 9.17) is 4.74 Å². The topological polar surface area (TPSA) is 131 Å². The number of nitrogens with one attached hydrogen (secondary N) is 3. The number of nitrogens with zero attached hydrogens (tertiary/aromatic N) is 4. The Kier molecular flexibility index (Phi) is 10.8. The molecule has 10 nitrogen and oxygen atoms in total. The zero-order valence-electron chi connectivity index (χ0n) is 23.7. The average Bonchev–Trinajstić information content (AvgIpc) is 3.44. The molecule has 0 saturated carbocycles. The van der Waals surface area contributed by atoms with Gasteiger partial charge >= 0.3 is 0 Å². The van der Waals surface area contributed by atoms with Crippen molar-refractivity contribution in [3.63, 3.8) is 0 Å². The lowest BCUT2D eigenvalue weighted by atomic mass is 10.0. The summed E-state index contributed by atoms with van der Waals surface area (Å²) >= 11 is 1.40. The number of hydrogen-bond acceptors (Lipinski definition) is 9. The molecular formula is C31H37N7O3S. The van der Waals surface area contributed by atoms with Gasteiger partial charge in [-0.2, -0.15) is 5.10 Å². The van der Waals surface area contributed by atoms with E-state index >= 15 is 0 Å². The number of piperidine rings is 1. The highest BCUT2D eigenvalue weighted by Crippen LogP contribution is 2.21. The molecule has 42 heavy (non-hydrogen) atoms. The molecule has 2 aliphatic rings. The number of allylic oxidation sites excluding steroid dienone is 3. The SMILES string of the molecule is O=C(CC1=CCCC=C1)Nc1ccc(CCCCc2nnc(NC(=O)Cc3cccc(OC4CCNCC4)c3)s2)nn1. The Balaban J connectivity index is 0.991. The van der Waals surface area contributed by atoms with Crippen LogP contribution in [0.1, 0.15) is 61.2 Å². The smallest absolute Gasteiger partial charge is 0.230 e. The summed E-state index contributed by atoms with van der Waals surface area (Å²) in [5, 5.41) is 27.2. The van der Waals surface area contributed by atoms with Crippen LogP contribution in [0.5, 0.6) is 5.75 Å². The third kappa shape index (κ3) is 9.56. The van der Waals surface area contributed by atoms with Crippen molar-refractivity contribution in [1.82, 2.24) is 25.7 Å². The number of carbonyl (C=O) groups excluding carboxylic acids is 2. The first-order valence-electron chi connectivity index (χ1n) is 14.7. The molecule has 3 aromatic rings. The Labute approximate surface area is 250 Å². The van der Waals surface area contributed by atoms with Gasteiger partial charge in [-0.25, -0.2) is 0 Å². The van der Waals surface area contributed by atoms with Crippen LogP contribution in [0.3, 0.4) is 0 Å². The Morgan fingerprint density at radius 2 is 1.79 bits per heavy atom. The van der Waals surface area contributed by atoms with Gasteiger partial charge in [-0.05, 0) is 93.4 Å². The van der Waals surface area contributed by atoms with Crippen molar-refractivity contribution in [2.45, 2.75) is 70.3 Å². The minimum atomic E-state index is -0.127. The average molecular weight is 588 g/mol. The van der Waals surface area contributed by atoms with Crippen molar-refractivity contribution in [2.75, 3.05) is 23.7 Å². The van der Waals surface area contributed by atoms with Crippen LogP contribution in [0.2, 0.25) is 0 Å². The number of rotatable bonds is 13. The van der Waals surface area contributed by atoms with Gasteiger partial charge in [0, 0.05) is 6.42 Å². The molecule has 1 fully saturated rings. The standard InChI is InChI=1S/C31H37N7O3S/c39-28(20-22-7-2-1-3-8-22)33-27-14-13-24(35-36-27)10-4-5-12-30-37-38-31(42-30)34-29(40)21-23-9-6-11-26(19-23)41-25-15-17-32-18-16-25/h2,6-9,11,13-14,19,25,32H,1,3-5,10,12,15-18,20-21H2,(H,33,36,39)(H,34,38,40). The third-order valence-electron chi connectivity index (χ3n) is 7.06. The molecule has 2 aromatic heterocycles. The number of hydrogen-bond donors (Lipinski definition) is 3. The minimum absolute atomic E-state index is 0.0887. The molecule has 2 amide bonds. The molecule has 1 saturated heterocycles. The zero-order valence-corrected chi connectivity index (χ0v) is 24.5. The monoisotopic (exact) mass is 587 g/mol. The fraction of sp³-hybridized carbons (Fsp3) is 0.419. The molecule has 0 unspecified atom stereocenters. The molecule has 0 spiro atoms. The Bertz CT molecular complexity index is 1400. The quantitative estimate of drug-likeness (QED) is 0.243. The van der Waals surface area contributed by atoms with Crippen molar-refractivity contribution in [1.29, 1.82) is 0 Å². The number of anilines is 2. The van der Waals surface area contributed by atoms with E-state index in [2.05, 4.69) is 48.5 Å². The van der Waals surface area contributed by atoms with Crippen LogP contribution in [-0.2, 0) is 28.9 Å². The molecule has 5 rings (SSSR count). The summed E-state index contributed by atoms with van der Waals surface area (Å²) in [7, 11) is 0. The number of aromatic nitrogens is 4. The highest BCUT2D eigenvalue weighted by atomic mass is 32.1. The summed E-state index contributed by atoms with van der Waals surface area (Å²) < 4.78 is 6.10. The van der Waals surface area contributed by atoms with Crippen molar-refractivity contribution in [3.8, 4) is 5.75 Å². The lowest BCUT2D eigenvalue weighted by Gasteiger charge is -2.24. The van der Waals surface area contributed by atoms with E-state index in [0.29, 0.717) is 17.4 Å². The lowest BCUT2D eigenvalue weighted by Crippen LogP contribution is -2.34. The van der Waals surface area contributed by atoms with E-state index in [-0.39, 0.29) is 24.3 Å². The lowest BCUT2D eigenvalue weighted by molar-refractivity contribution is -0.116. The minimum Gasteiger partial charge on any atom is -0.490 e. The van der Waals surface area contributed by atoms with Gasteiger partial charge in [-0.15, -0.1) is 15.3 Å². The molecular weight excluding hydrogens is 550 g/mol. The number of benzene rings is 1. The summed E-state index contributed by atoms with van der Waals surface area (Å²) in [6.07, 6.45) is 14.4. The maximum Gasteiger partial charge on any atom is 0.230 e. The molecule has 1 aliphatic heterocycles. The van der Waals surface area contributed by atoms with E-state index in [0.717, 1.165) is 92.0 Å². The van der Waals surface area contributed by atoms with Gasteiger partial charge in [0.1, 0.15) is 16.9 Å². The van der Waals surface area contributed by atoms with Gasteiger partial charge in [-0.3, -0.25) is 9.59 Å². The summed E-state index contributed by atoms with van der Waals surface area (Å²) in [6.45, 7) is 1.94. The summed E-state index contributed by atoms with van der Waals surface area (Å²) in [5.74, 6) is 1.05. The van der Waals surface area contributed by atoms with Gasteiger partial charge in [0.15, 0.2) is 5.82 Å². The van der Waals surface area contributed by atoms with Gasteiger partial charge in [0.2, 0.25) is 16.9 Å². The number of unbranched alkanes of at least 4 members (excludes halogenated alkanes) is 1. The molecule has 1 aromatic carbocycles. The Hall–Kier alpha value is -3.96. The maximum absolute atomic E-state index is 12.6.